The average molecular weight is 314 g/mol. The number of halogens is 2. The van der Waals surface area contributed by atoms with Crippen LogP contribution in [0, 0.1) is 6.92 Å². The number of sulfone groups is 1. The van der Waals surface area contributed by atoms with E-state index in [9.17, 15) is 17.2 Å². The van der Waals surface area contributed by atoms with Crippen LogP contribution in [0.3, 0.4) is 0 Å². The molecule has 0 spiro atoms. The van der Waals surface area contributed by atoms with E-state index in [1.54, 1.807) is 18.2 Å². The maximum Gasteiger partial charge on any atom is 0.401 e. The second-order valence-corrected chi connectivity index (χ2v) is 7.63. The summed E-state index contributed by atoms with van der Waals surface area (Å²) in [6.45, 7) is 1.83. The van der Waals surface area contributed by atoms with Gasteiger partial charge in [0.25, 0.3) is 9.84 Å². The maximum atomic E-state index is 14.0. The van der Waals surface area contributed by atoms with Gasteiger partial charge < -0.3 is 0 Å². The van der Waals surface area contributed by atoms with Crippen molar-refractivity contribution < 1.29 is 17.2 Å². The Kier molecular flexibility index (Phi) is 4.15. The number of alkyl halides is 2. The summed E-state index contributed by atoms with van der Waals surface area (Å²) in [6, 6.07) is 13.0. The largest absolute Gasteiger partial charge is 0.401 e. The number of hydrogen-bond acceptors (Lipinski definition) is 3. The predicted molar refractivity (Wildman–Crippen MR) is 75.6 cm³/mol. The molecule has 0 bridgehead atoms. The lowest BCUT2D eigenvalue weighted by atomic mass is 10.2. The van der Waals surface area contributed by atoms with Gasteiger partial charge >= 0.3 is 4.59 Å². The molecule has 6 heteroatoms. The van der Waals surface area contributed by atoms with Gasteiger partial charge in [-0.25, -0.2) is 8.42 Å². The van der Waals surface area contributed by atoms with Crippen LogP contribution in [0.15, 0.2) is 64.4 Å². The molecule has 0 fully saturated rings. The first-order chi connectivity index (χ1) is 9.33. The molecular weight excluding hydrogens is 302 g/mol. The predicted octanol–water partition coefficient (Wildman–Crippen LogP) is 4.11. The summed E-state index contributed by atoms with van der Waals surface area (Å²) >= 11 is 0.0351. The van der Waals surface area contributed by atoms with Gasteiger partial charge in [-0.3, -0.25) is 0 Å². The van der Waals surface area contributed by atoms with Crippen LogP contribution < -0.4 is 0 Å². The minimum absolute atomic E-state index is 0.0351. The average Bonchev–Trinajstić information content (AvgIpc) is 2.42. The van der Waals surface area contributed by atoms with Gasteiger partial charge in [-0.2, -0.15) is 8.78 Å². The fourth-order valence-electron chi connectivity index (χ4n) is 1.54. The quantitative estimate of drug-likeness (QED) is 0.796. The Morgan fingerprint density at radius 1 is 0.950 bits per heavy atom. The fraction of sp³-hybridized carbons (Fsp3) is 0.143. The highest BCUT2D eigenvalue weighted by molar-refractivity contribution is 8.14. The molecule has 2 aromatic rings. The van der Waals surface area contributed by atoms with Gasteiger partial charge in [0.15, 0.2) is 0 Å². The second-order valence-electron chi connectivity index (χ2n) is 4.19. The molecule has 0 aliphatic carbocycles. The minimum Gasteiger partial charge on any atom is -0.216 e. The van der Waals surface area contributed by atoms with E-state index < -0.39 is 14.4 Å². The van der Waals surface area contributed by atoms with Crippen molar-refractivity contribution in [1.82, 2.24) is 0 Å². The lowest BCUT2D eigenvalue weighted by Gasteiger charge is -2.16. The highest BCUT2D eigenvalue weighted by atomic mass is 32.3. The molecule has 0 aliphatic heterocycles. The third-order valence-electron chi connectivity index (χ3n) is 2.62. The molecule has 0 atom stereocenters. The van der Waals surface area contributed by atoms with Gasteiger partial charge in [0.1, 0.15) is 0 Å². The monoisotopic (exact) mass is 314 g/mol. The van der Waals surface area contributed by atoms with E-state index in [0.717, 1.165) is 5.56 Å². The molecule has 2 aromatic carbocycles. The molecule has 0 saturated heterocycles. The molecule has 0 unspecified atom stereocenters. The molecule has 0 amide bonds. The van der Waals surface area contributed by atoms with Gasteiger partial charge in [0.2, 0.25) is 0 Å². The van der Waals surface area contributed by atoms with Gasteiger partial charge in [0.05, 0.1) is 4.90 Å². The van der Waals surface area contributed by atoms with Crippen LogP contribution in [0.4, 0.5) is 8.78 Å². The fourth-order valence-corrected chi connectivity index (χ4v) is 3.89. The van der Waals surface area contributed by atoms with Crippen molar-refractivity contribution in [2.75, 3.05) is 0 Å². The lowest BCUT2D eigenvalue weighted by Crippen LogP contribution is -2.24. The number of rotatable bonds is 4. The van der Waals surface area contributed by atoms with Crippen molar-refractivity contribution in [1.29, 1.82) is 0 Å². The van der Waals surface area contributed by atoms with Gasteiger partial charge in [0, 0.05) is 4.90 Å². The SMILES string of the molecule is Cc1ccc(SC(F)(F)S(=O)(=O)c2ccccc2)cc1. The normalized spacial score (nSPS) is 12.3. The molecule has 0 heterocycles. The Labute approximate surface area is 120 Å². The van der Waals surface area contributed by atoms with Crippen molar-refractivity contribution in [3.63, 3.8) is 0 Å². The zero-order valence-electron chi connectivity index (χ0n) is 10.6. The molecule has 20 heavy (non-hydrogen) atoms. The summed E-state index contributed by atoms with van der Waals surface area (Å²) in [5, 5.41) is 0. The van der Waals surface area contributed by atoms with E-state index in [4.69, 9.17) is 0 Å². The molecule has 0 saturated carbocycles. The third kappa shape index (κ3) is 3.02. The van der Waals surface area contributed by atoms with Crippen molar-refractivity contribution >= 4 is 21.6 Å². The summed E-state index contributed by atoms with van der Waals surface area (Å²) in [6.07, 6.45) is 0. The Balaban J connectivity index is 2.32. The van der Waals surface area contributed by atoms with E-state index >= 15 is 0 Å². The summed E-state index contributed by atoms with van der Waals surface area (Å²) in [7, 11) is -4.72. The molecule has 0 N–H and O–H groups in total. The summed E-state index contributed by atoms with van der Waals surface area (Å²) < 4.78 is 48.1. The van der Waals surface area contributed by atoms with Crippen LogP contribution in [-0.2, 0) is 9.84 Å². The standard InChI is InChI=1S/C14H12F2O2S2/c1-11-7-9-12(10-8-11)19-14(15,16)20(17,18)13-5-3-2-4-6-13/h2-10H,1H3. The zero-order valence-corrected chi connectivity index (χ0v) is 12.2. The number of aryl methyl sites for hydroxylation is 1. The molecule has 106 valence electrons. The Morgan fingerprint density at radius 2 is 1.50 bits per heavy atom. The van der Waals surface area contributed by atoms with Gasteiger partial charge in [-0.1, -0.05) is 35.9 Å². The van der Waals surface area contributed by atoms with Crippen molar-refractivity contribution in [3.8, 4) is 0 Å². The van der Waals surface area contributed by atoms with Crippen LogP contribution in [0.5, 0.6) is 0 Å². The van der Waals surface area contributed by atoms with E-state index in [1.807, 2.05) is 6.92 Å². The number of benzene rings is 2. The topological polar surface area (TPSA) is 34.1 Å². The first-order valence-corrected chi connectivity index (χ1v) is 8.06. The van der Waals surface area contributed by atoms with Crippen molar-refractivity contribution in [2.45, 2.75) is 21.3 Å². The van der Waals surface area contributed by atoms with E-state index in [1.165, 1.54) is 36.4 Å². The Bertz CT molecular complexity index is 681. The van der Waals surface area contributed by atoms with E-state index in [2.05, 4.69) is 0 Å². The molecule has 0 aliphatic rings. The molecule has 2 nitrogen and oxygen atoms in total. The summed E-state index contributed by atoms with van der Waals surface area (Å²) in [5.74, 6) is 0. The van der Waals surface area contributed by atoms with Gasteiger partial charge in [-0.05, 0) is 43.0 Å². The lowest BCUT2D eigenvalue weighted by molar-refractivity contribution is 0.195. The van der Waals surface area contributed by atoms with Crippen LogP contribution in [0.25, 0.3) is 0 Å². The Hall–Kier alpha value is -1.40. The number of hydrogen-bond donors (Lipinski definition) is 0. The number of thioether (sulfide) groups is 1. The van der Waals surface area contributed by atoms with Gasteiger partial charge in [-0.15, -0.1) is 0 Å². The van der Waals surface area contributed by atoms with E-state index in [0.29, 0.717) is 0 Å². The molecule has 2 rings (SSSR count). The van der Waals surface area contributed by atoms with Crippen molar-refractivity contribution in [3.05, 3.63) is 60.2 Å². The van der Waals surface area contributed by atoms with Crippen LogP contribution >= 0.6 is 11.8 Å². The zero-order chi connectivity index (χ0) is 14.8. The Morgan fingerprint density at radius 3 is 2.05 bits per heavy atom. The first-order valence-electron chi connectivity index (χ1n) is 5.76. The summed E-state index contributed by atoms with van der Waals surface area (Å²) in [5.41, 5.74) is 0.920. The minimum atomic E-state index is -4.72. The molecular formula is C14H12F2O2S2. The smallest absolute Gasteiger partial charge is 0.216 e. The third-order valence-corrected chi connectivity index (χ3v) is 5.80. The first kappa shape index (κ1) is 15.0. The second kappa shape index (κ2) is 5.54. The van der Waals surface area contributed by atoms with Crippen LogP contribution in [0.1, 0.15) is 5.56 Å². The molecule has 0 radical (unpaired) electrons. The summed E-state index contributed by atoms with van der Waals surface area (Å²) in [4.78, 5) is -0.176. The highest BCUT2D eigenvalue weighted by Crippen LogP contribution is 2.43. The van der Waals surface area contributed by atoms with Crippen LogP contribution in [-0.4, -0.2) is 13.0 Å². The highest BCUT2D eigenvalue weighted by Gasteiger charge is 2.47. The van der Waals surface area contributed by atoms with E-state index in [-0.39, 0.29) is 21.6 Å². The maximum absolute atomic E-state index is 14.0. The van der Waals surface area contributed by atoms with Crippen molar-refractivity contribution in [2.24, 2.45) is 0 Å². The molecule has 0 aromatic heterocycles. The van der Waals surface area contributed by atoms with Crippen LogP contribution in [0.2, 0.25) is 0 Å².